The van der Waals surface area contributed by atoms with E-state index in [0.29, 0.717) is 12.1 Å². The molecule has 0 bridgehead atoms. The quantitative estimate of drug-likeness (QED) is 0.630. The van der Waals surface area contributed by atoms with Crippen molar-refractivity contribution in [1.82, 2.24) is 4.98 Å². The highest BCUT2D eigenvalue weighted by Crippen LogP contribution is 2.34. The number of pyridine rings is 1. The highest BCUT2D eigenvalue weighted by atomic mass is 32.2. The number of fused-ring (bicyclic) bond motifs is 1. The van der Waals surface area contributed by atoms with E-state index in [-0.39, 0.29) is 11.7 Å². The van der Waals surface area contributed by atoms with Crippen molar-refractivity contribution in [3.8, 4) is 5.75 Å². The maximum absolute atomic E-state index is 12.9. The number of aromatic nitrogens is 1. The van der Waals surface area contributed by atoms with Crippen LogP contribution in [0.4, 0.5) is 5.69 Å². The van der Waals surface area contributed by atoms with E-state index in [1.54, 1.807) is 47.1 Å². The number of benzene rings is 1. The Morgan fingerprint density at radius 3 is 2.86 bits per heavy atom. The highest BCUT2D eigenvalue weighted by molar-refractivity contribution is 7.99. The van der Waals surface area contributed by atoms with E-state index in [9.17, 15) is 9.59 Å². The number of para-hydroxylation sites is 1. The van der Waals surface area contributed by atoms with Crippen molar-refractivity contribution in [1.29, 1.82) is 0 Å². The van der Waals surface area contributed by atoms with Crippen LogP contribution in [-0.2, 0) is 4.79 Å². The Bertz CT molecular complexity index is 733. The third kappa shape index (κ3) is 2.82. The summed E-state index contributed by atoms with van der Waals surface area (Å²) in [7, 11) is 0. The van der Waals surface area contributed by atoms with Gasteiger partial charge in [0, 0.05) is 25.4 Å². The molecule has 2 aromatic rings. The van der Waals surface area contributed by atoms with Crippen LogP contribution in [0.2, 0.25) is 0 Å². The number of nitrogens with zero attached hydrogens (tertiary/aromatic N) is 2. The largest absolute Gasteiger partial charge is 0.426 e. The summed E-state index contributed by atoms with van der Waals surface area (Å²) in [5.41, 5.74) is 1.17. The van der Waals surface area contributed by atoms with Gasteiger partial charge in [-0.15, -0.1) is 11.8 Å². The number of hydrogen-bond donors (Lipinski definition) is 0. The number of hydrogen-bond acceptors (Lipinski definition) is 5. The lowest BCUT2D eigenvalue weighted by atomic mass is 10.1. The minimum absolute atomic E-state index is 0.189. The SMILES string of the molecule is CC(=O)Oc1ccccc1C(=O)N1CCSc2ncccc21. The molecular formula is C16H14N2O3S. The summed E-state index contributed by atoms with van der Waals surface area (Å²) >= 11 is 1.63. The van der Waals surface area contributed by atoms with Gasteiger partial charge >= 0.3 is 5.97 Å². The average molecular weight is 314 g/mol. The third-order valence-corrected chi connectivity index (χ3v) is 4.19. The Hall–Kier alpha value is -2.34. The van der Waals surface area contributed by atoms with Crippen LogP contribution < -0.4 is 9.64 Å². The lowest BCUT2D eigenvalue weighted by molar-refractivity contribution is -0.131. The van der Waals surface area contributed by atoms with E-state index in [4.69, 9.17) is 4.74 Å². The molecule has 0 atom stereocenters. The zero-order valence-corrected chi connectivity index (χ0v) is 12.8. The van der Waals surface area contributed by atoms with Crippen molar-refractivity contribution in [2.75, 3.05) is 17.2 Å². The highest BCUT2D eigenvalue weighted by Gasteiger charge is 2.26. The van der Waals surface area contributed by atoms with Crippen LogP contribution in [0, 0.1) is 0 Å². The van der Waals surface area contributed by atoms with Gasteiger partial charge in [-0.1, -0.05) is 12.1 Å². The van der Waals surface area contributed by atoms with Gasteiger partial charge in [0.05, 0.1) is 11.3 Å². The molecule has 0 N–H and O–H groups in total. The number of thioether (sulfide) groups is 1. The summed E-state index contributed by atoms with van der Waals surface area (Å²) in [6, 6.07) is 10.5. The fourth-order valence-corrected chi connectivity index (χ4v) is 3.23. The van der Waals surface area contributed by atoms with Crippen molar-refractivity contribution in [3.63, 3.8) is 0 Å². The molecule has 6 heteroatoms. The first kappa shape index (κ1) is 14.6. The van der Waals surface area contributed by atoms with Crippen LogP contribution in [0.5, 0.6) is 5.75 Å². The summed E-state index contributed by atoms with van der Waals surface area (Å²) in [6.07, 6.45) is 1.71. The first-order valence-corrected chi connectivity index (χ1v) is 7.82. The Morgan fingerprint density at radius 1 is 1.23 bits per heavy atom. The van der Waals surface area contributed by atoms with Crippen molar-refractivity contribution >= 4 is 29.3 Å². The van der Waals surface area contributed by atoms with Crippen LogP contribution in [0.1, 0.15) is 17.3 Å². The van der Waals surface area contributed by atoms with Gasteiger partial charge in [-0.25, -0.2) is 4.98 Å². The Labute approximate surface area is 132 Å². The first-order valence-electron chi connectivity index (χ1n) is 6.84. The van der Waals surface area contributed by atoms with Gasteiger partial charge < -0.3 is 9.64 Å². The lowest BCUT2D eigenvalue weighted by Gasteiger charge is -2.28. The lowest BCUT2D eigenvalue weighted by Crippen LogP contribution is -2.36. The normalized spacial score (nSPS) is 13.4. The first-order chi connectivity index (χ1) is 10.7. The second-order valence-corrected chi connectivity index (χ2v) is 5.81. The minimum Gasteiger partial charge on any atom is -0.426 e. The molecule has 0 fully saturated rings. The summed E-state index contributed by atoms with van der Waals surface area (Å²) in [4.78, 5) is 30.0. The molecule has 0 radical (unpaired) electrons. The molecule has 0 aliphatic carbocycles. The van der Waals surface area contributed by atoms with Crippen LogP contribution in [-0.4, -0.2) is 29.2 Å². The molecule has 1 amide bonds. The van der Waals surface area contributed by atoms with Gasteiger partial charge in [0.25, 0.3) is 5.91 Å². The van der Waals surface area contributed by atoms with E-state index in [2.05, 4.69) is 4.98 Å². The summed E-state index contributed by atoms with van der Waals surface area (Å²) in [5.74, 6) is 0.428. The molecule has 1 aromatic heterocycles. The van der Waals surface area contributed by atoms with Gasteiger partial charge in [-0.2, -0.15) is 0 Å². The van der Waals surface area contributed by atoms with Gasteiger partial charge in [0.2, 0.25) is 0 Å². The molecule has 22 heavy (non-hydrogen) atoms. The number of esters is 1. The van der Waals surface area contributed by atoms with Gasteiger partial charge in [-0.3, -0.25) is 9.59 Å². The molecule has 0 saturated carbocycles. The minimum atomic E-state index is -0.448. The molecule has 5 nitrogen and oxygen atoms in total. The number of amides is 1. The van der Waals surface area contributed by atoms with Crippen molar-refractivity contribution < 1.29 is 14.3 Å². The molecule has 0 unspecified atom stereocenters. The van der Waals surface area contributed by atoms with Gasteiger partial charge in [-0.05, 0) is 24.3 Å². The predicted molar refractivity (Wildman–Crippen MR) is 84.4 cm³/mol. The van der Waals surface area contributed by atoms with Gasteiger partial charge in [0.1, 0.15) is 10.8 Å². The van der Waals surface area contributed by atoms with Crippen LogP contribution in [0.25, 0.3) is 0 Å². The van der Waals surface area contributed by atoms with E-state index in [1.807, 2.05) is 12.1 Å². The summed E-state index contributed by atoms with van der Waals surface area (Å²) in [6.45, 7) is 1.91. The number of rotatable bonds is 2. The van der Waals surface area contributed by atoms with E-state index >= 15 is 0 Å². The van der Waals surface area contributed by atoms with E-state index in [0.717, 1.165) is 16.5 Å². The fourth-order valence-electron chi connectivity index (χ4n) is 2.30. The smallest absolute Gasteiger partial charge is 0.308 e. The molecule has 112 valence electrons. The summed E-state index contributed by atoms with van der Waals surface area (Å²) in [5, 5.41) is 0.840. The topological polar surface area (TPSA) is 59.5 Å². The van der Waals surface area contributed by atoms with E-state index < -0.39 is 5.97 Å². The third-order valence-electron chi connectivity index (χ3n) is 3.21. The zero-order chi connectivity index (χ0) is 15.5. The molecule has 0 spiro atoms. The number of ether oxygens (including phenoxy) is 1. The maximum atomic E-state index is 12.9. The Balaban J connectivity index is 1.97. The maximum Gasteiger partial charge on any atom is 0.308 e. The number of anilines is 1. The second kappa shape index (κ2) is 6.19. The molecule has 2 heterocycles. The predicted octanol–water partition coefficient (Wildman–Crippen LogP) is 2.76. The zero-order valence-electron chi connectivity index (χ0n) is 12.0. The van der Waals surface area contributed by atoms with Crippen molar-refractivity contribution in [2.24, 2.45) is 0 Å². The Morgan fingerprint density at radius 2 is 2.05 bits per heavy atom. The second-order valence-electron chi connectivity index (χ2n) is 4.72. The molecule has 0 saturated heterocycles. The standard InChI is InChI=1S/C16H14N2O3S/c1-11(19)21-14-7-3-2-5-12(14)16(20)18-9-10-22-15-13(18)6-4-8-17-15/h2-8H,9-10H2,1H3. The van der Waals surface area contributed by atoms with Gasteiger partial charge in [0.15, 0.2) is 0 Å². The Kier molecular flexibility index (Phi) is 4.11. The fraction of sp³-hybridized carbons (Fsp3) is 0.188. The summed E-state index contributed by atoms with van der Waals surface area (Å²) < 4.78 is 5.14. The molecular weight excluding hydrogens is 300 g/mol. The molecule has 1 aliphatic rings. The number of carbonyl (C=O) groups excluding carboxylic acids is 2. The van der Waals surface area contributed by atoms with Crippen LogP contribution >= 0.6 is 11.8 Å². The molecule has 1 aliphatic heterocycles. The van der Waals surface area contributed by atoms with Crippen LogP contribution in [0.3, 0.4) is 0 Å². The average Bonchev–Trinajstić information content (AvgIpc) is 2.54. The number of carbonyl (C=O) groups is 2. The molecule has 1 aromatic carbocycles. The van der Waals surface area contributed by atoms with Crippen LogP contribution in [0.15, 0.2) is 47.6 Å². The van der Waals surface area contributed by atoms with E-state index in [1.165, 1.54) is 6.92 Å². The molecule has 3 rings (SSSR count). The van der Waals surface area contributed by atoms with Crippen molar-refractivity contribution in [3.05, 3.63) is 48.2 Å². The van der Waals surface area contributed by atoms with Crippen molar-refractivity contribution in [2.45, 2.75) is 11.9 Å². The monoisotopic (exact) mass is 314 g/mol.